The molecule has 1 atom stereocenters. The van der Waals surface area contributed by atoms with Gasteiger partial charge in [0.2, 0.25) is 0 Å². The van der Waals surface area contributed by atoms with Crippen molar-refractivity contribution in [3.8, 4) is 0 Å². The van der Waals surface area contributed by atoms with Crippen LogP contribution in [-0.2, 0) is 0 Å². The number of ketones is 1. The quantitative estimate of drug-likeness (QED) is 0.748. The second-order valence-electron chi connectivity index (χ2n) is 3.31. The number of rotatable bonds is 4. The second kappa shape index (κ2) is 4.86. The van der Waals surface area contributed by atoms with E-state index in [1.807, 2.05) is 6.92 Å². The molecule has 0 amide bonds. The van der Waals surface area contributed by atoms with Crippen LogP contribution >= 0.6 is 0 Å². The van der Waals surface area contributed by atoms with Crippen LogP contribution in [-0.4, -0.2) is 11.8 Å². The Kier molecular flexibility index (Phi) is 3.77. The molecule has 0 fully saturated rings. The van der Waals surface area contributed by atoms with Gasteiger partial charge < -0.3 is 5.73 Å². The zero-order chi connectivity index (χ0) is 10.6. The minimum absolute atomic E-state index is 0.0983. The van der Waals surface area contributed by atoms with Crippen LogP contribution in [0.1, 0.15) is 30.1 Å². The topological polar surface area (TPSA) is 43.1 Å². The highest BCUT2D eigenvalue weighted by Crippen LogP contribution is 2.08. The van der Waals surface area contributed by atoms with Gasteiger partial charge in [0.15, 0.2) is 5.78 Å². The maximum Gasteiger partial charge on any atom is 0.164 e. The van der Waals surface area contributed by atoms with Gasteiger partial charge in [-0.05, 0) is 18.6 Å². The van der Waals surface area contributed by atoms with E-state index < -0.39 is 0 Å². The highest BCUT2D eigenvalue weighted by Gasteiger charge is 2.10. The highest BCUT2D eigenvalue weighted by molar-refractivity contribution is 5.96. The van der Waals surface area contributed by atoms with E-state index in [2.05, 4.69) is 0 Å². The minimum Gasteiger partial charge on any atom is -0.327 e. The van der Waals surface area contributed by atoms with Crippen molar-refractivity contribution in [2.45, 2.75) is 25.8 Å². The van der Waals surface area contributed by atoms with Crippen LogP contribution in [0, 0.1) is 5.82 Å². The maximum absolute atomic E-state index is 12.8. The van der Waals surface area contributed by atoms with Gasteiger partial charge in [-0.15, -0.1) is 0 Å². The molecule has 0 aliphatic heterocycles. The molecule has 1 rings (SSSR count). The summed E-state index contributed by atoms with van der Waals surface area (Å²) in [7, 11) is 0. The van der Waals surface area contributed by atoms with Crippen LogP contribution in [0.4, 0.5) is 4.39 Å². The van der Waals surface area contributed by atoms with Crippen molar-refractivity contribution >= 4 is 5.78 Å². The molecule has 14 heavy (non-hydrogen) atoms. The summed E-state index contributed by atoms with van der Waals surface area (Å²) in [6, 6.07) is 5.56. The first kappa shape index (κ1) is 10.9. The van der Waals surface area contributed by atoms with E-state index in [0.717, 1.165) is 6.42 Å². The third-order valence-corrected chi connectivity index (χ3v) is 2.12. The molecule has 0 saturated heterocycles. The summed E-state index contributed by atoms with van der Waals surface area (Å²) in [5.74, 6) is -0.486. The van der Waals surface area contributed by atoms with E-state index in [1.54, 1.807) is 6.07 Å². The van der Waals surface area contributed by atoms with Crippen molar-refractivity contribution in [3.05, 3.63) is 35.6 Å². The van der Waals surface area contributed by atoms with Crippen LogP contribution < -0.4 is 5.73 Å². The monoisotopic (exact) mass is 195 g/mol. The van der Waals surface area contributed by atoms with Gasteiger partial charge >= 0.3 is 0 Å². The standard InChI is InChI=1S/C11H14FNO/c1-2-10(13)7-11(14)8-4-3-5-9(12)6-8/h3-6,10H,2,7,13H2,1H3. The molecule has 0 bridgehead atoms. The summed E-state index contributed by atoms with van der Waals surface area (Å²) < 4.78 is 12.8. The fourth-order valence-electron chi connectivity index (χ4n) is 1.16. The lowest BCUT2D eigenvalue weighted by molar-refractivity contribution is 0.0973. The van der Waals surface area contributed by atoms with Crippen LogP contribution in [0.15, 0.2) is 24.3 Å². The summed E-state index contributed by atoms with van der Waals surface area (Å²) in [5, 5.41) is 0. The molecular weight excluding hydrogens is 181 g/mol. The van der Waals surface area contributed by atoms with Crippen LogP contribution in [0.5, 0.6) is 0 Å². The Hall–Kier alpha value is -1.22. The summed E-state index contributed by atoms with van der Waals surface area (Å²) in [4.78, 5) is 11.5. The molecular formula is C11H14FNO. The minimum atomic E-state index is -0.388. The molecule has 1 aromatic rings. The number of halogens is 1. The second-order valence-corrected chi connectivity index (χ2v) is 3.31. The lowest BCUT2D eigenvalue weighted by atomic mass is 10.0. The zero-order valence-corrected chi connectivity index (χ0v) is 8.16. The number of nitrogens with two attached hydrogens (primary N) is 1. The Morgan fingerprint density at radius 3 is 2.86 bits per heavy atom. The first-order valence-electron chi connectivity index (χ1n) is 4.67. The number of hydrogen-bond acceptors (Lipinski definition) is 2. The SMILES string of the molecule is CCC(N)CC(=O)c1cccc(F)c1. The maximum atomic E-state index is 12.8. The summed E-state index contributed by atoms with van der Waals surface area (Å²) in [6.45, 7) is 1.92. The third kappa shape index (κ3) is 2.92. The number of benzene rings is 1. The molecule has 2 N–H and O–H groups in total. The van der Waals surface area contributed by atoms with Crippen molar-refractivity contribution in [2.24, 2.45) is 5.73 Å². The van der Waals surface area contributed by atoms with E-state index in [9.17, 15) is 9.18 Å². The van der Waals surface area contributed by atoms with Gasteiger partial charge in [0, 0.05) is 18.0 Å². The first-order valence-corrected chi connectivity index (χ1v) is 4.67. The van der Waals surface area contributed by atoms with Crippen LogP contribution in [0.3, 0.4) is 0 Å². The predicted octanol–water partition coefficient (Wildman–Crippen LogP) is 2.14. The fraction of sp³-hybridized carbons (Fsp3) is 0.364. The van der Waals surface area contributed by atoms with Gasteiger partial charge in [-0.3, -0.25) is 4.79 Å². The van der Waals surface area contributed by atoms with Crippen LogP contribution in [0.25, 0.3) is 0 Å². The molecule has 0 aromatic heterocycles. The van der Waals surface area contributed by atoms with Gasteiger partial charge in [-0.2, -0.15) is 0 Å². The van der Waals surface area contributed by atoms with Crippen molar-refractivity contribution in [3.63, 3.8) is 0 Å². The normalized spacial score (nSPS) is 12.5. The van der Waals surface area contributed by atoms with Crippen LogP contribution in [0.2, 0.25) is 0 Å². The number of hydrogen-bond donors (Lipinski definition) is 1. The molecule has 0 aliphatic carbocycles. The number of carbonyl (C=O) groups is 1. The Bertz CT molecular complexity index is 325. The van der Waals surface area contributed by atoms with Gasteiger partial charge in [0.25, 0.3) is 0 Å². The molecule has 2 nitrogen and oxygen atoms in total. The molecule has 76 valence electrons. The number of carbonyl (C=O) groups excluding carboxylic acids is 1. The molecule has 0 spiro atoms. The van der Waals surface area contributed by atoms with Gasteiger partial charge in [0.1, 0.15) is 5.82 Å². The van der Waals surface area contributed by atoms with Gasteiger partial charge in [-0.1, -0.05) is 19.1 Å². The highest BCUT2D eigenvalue weighted by atomic mass is 19.1. The van der Waals surface area contributed by atoms with Crippen molar-refractivity contribution < 1.29 is 9.18 Å². The first-order chi connectivity index (χ1) is 6.63. The largest absolute Gasteiger partial charge is 0.327 e. The molecule has 0 radical (unpaired) electrons. The van der Waals surface area contributed by atoms with E-state index in [4.69, 9.17) is 5.73 Å². The Balaban J connectivity index is 2.70. The fourth-order valence-corrected chi connectivity index (χ4v) is 1.16. The average Bonchev–Trinajstić information content (AvgIpc) is 2.17. The summed E-state index contributed by atoms with van der Waals surface area (Å²) >= 11 is 0. The molecule has 1 unspecified atom stereocenters. The van der Waals surface area contributed by atoms with Crippen molar-refractivity contribution in [1.82, 2.24) is 0 Å². The van der Waals surface area contributed by atoms with E-state index in [1.165, 1.54) is 18.2 Å². The van der Waals surface area contributed by atoms with Crippen molar-refractivity contribution in [2.75, 3.05) is 0 Å². The van der Waals surface area contributed by atoms with Crippen molar-refractivity contribution in [1.29, 1.82) is 0 Å². The number of Topliss-reactive ketones (excluding diaryl/α,β-unsaturated/α-hetero) is 1. The van der Waals surface area contributed by atoms with E-state index in [0.29, 0.717) is 5.56 Å². The lowest BCUT2D eigenvalue weighted by Gasteiger charge is -2.07. The molecule has 0 saturated carbocycles. The Labute approximate surface area is 82.9 Å². The Morgan fingerprint density at radius 1 is 1.57 bits per heavy atom. The lowest BCUT2D eigenvalue weighted by Crippen LogP contribution is -2.22. The molecule has 0 heterocycles. The predicted molar refractivity (Wildman–Crippen MR) is 53.6 cm³/mol. The summed E-state index contributed by atoms with van der Waals surface area (Å²) in [6.07, 6.45) is 1.03. The molecule has 1 aromatic carbocycles. The van der Waals surface area contributed by atoms with E-state index >= 15 is 0 Å². The summed E-state index contributed by atoms with van der Waals surface area (Å²) in [5.41, 5.74) is 6.03. The van der Waals surface area contributed by atoms with Gasteiger partial charge in [-0.25, -0.2) is 4.39 Å². The van der Waals surface area contributed by atoms with E-state index in [-0.39, 0.29) is 24.1 Å². The molecule has 3 heteroatoms. The average molecular weight is 195 g/mol. The van der Waals surface area contributed by atoms with Gasteiger partial charge in [0.05, 0.1) is 0 Å². The zero-order valence-electron chi connectivity index (χ0n) is 8.16. The smallest absolute Gasteiger partial charge is 0.164 e. The Morgan fingerprint density at radius 2 is 2.29 bits per heavy atom. The molecule has 0 aliphatic rings. The third-order valence-electron chi connectivity index (χ3n) is 2.12.